The van der Waals surface area contributed by atoms with Crippen molar-refractivity contribution in [3.63, 3.8) is 0 Å². The van der Waals surface area contributed by atoms with Crippen molar-refractivity contribution < 1.29 is 17.9 Å². The molecule has 0 saturated carbocycles. The lowest BCUT2D eigenvalue weighted by Gasteiger charge is -2.32. The monoisotopic (exact) mass is 495 g/mol. The third kappa shape index (κ3) is 5.31. The van der Waals surface area contributed by atoms with E-state index in [2.05, 4.69) is 16.3 Å². The van der Waals surface area contributed by atoms with Gasteiger partial charge in [0.15, 0.2) is 0 Å². The van der Waals surface area contributed by atoms with E-state index in [9.17, 15) is 13.2 Å². The quantitative estimate of drug-likeness (QED) is 0.636. The summed E-state index contributed by atoms with van der Waals surface area (Å²) in [6.45, 7) is 3.53. The fraction of sp³-hybridized carbons (Fsp3) is 0.500. The summed E-state index contributed by atoms with van der Waals surface area (Å²) in [5.41, 5.74) is 1.15. The van der Waals surface area contributed by atoms with Crippen LogP contribution in [0.3, 0.4) is 0 Å². The van der Waals surface area contributed by atoms with Gasteiger partial charge in [0.25, 0.3) is 5.91 Å². The molecule has 4 rings (SSSR count). The minimum atomic E-state index is -3.64. The summed E-state index contributed by atoms with van der Waals surface area (Å²) in [7, 11) is -1.95. The number of carbonyl (C=O) groups excluding carboxylic acids is 1. The van der Waals surface area contributed by atoms with Gasteiger partial charge in [-0.05, 0) is 30.4 Å². The third-order valence-electron chi connectivity index (χ3n) is 5.93. The average Bonchev–Trinajstić information content (AvgIpc) is 3.32. The van der Waals surface area contributed by atoms with Crippen molar-refractivity contribution in [2.75, 3.05) is 44.8 Å². The summed E-state index contributed by atoms with van der Waals surface area (Å²) < 4.78 is 33.1. The number of piperidine rings is 1. The maximum atomic E-state index is 13.1. The number of sulfonamides is 1. The molecule has 3 heterocycles. The van der Waals surface area contributed by atoms with Crippen LogP contribution in [0.25, 0.3) is 0 Å². The first-order valence-electron chi connectivity index (χ1n) is 10.8. The number of nitrogens with zero attached hydrogens (tertiary/aromatic N) is 2. The molecule has 7 nitrogen and oxygen atoms in total. The molecule has 1 aromatic carbocycles. The Labute approximate surface area is 198 Å². The Balaban J connectivity index is 1.34. The second-order valence-electron chi connectivity index (χ2n) is 7.97. The maximum Gasteiger partial charge on any atom is 0.262 e. The summed E-state index contributed by atoms with van der Waals surface area (Å²) in [4.78, 5) is 15.8. The molecular weight excluding hydrogens is 466 g/mol. The van der Waals surface area contributed by atoms with Gasteiger partial charge in [0.2, 0.25) is 10.0 Å². The zero-order valence-corrected chi connectivity index (χ0v) is 20.6. The highest BCUT2D eigenvalue weighted by molar-refractivity contribution is 7.99. The summed E-state index contributed by atoms with van der Waals surface area (Å²) in [5.74, 6) is 2.19. The van der Waals surface area contributed by atoms with Crippen LogP contribution in [0.4, 0.5) is 0 Å². The number of ether oxygens (including phenoxy) is 1. The Hall–Kier alpha value is -1.59. The van der Waals surface area contributed by atoms with Crippen LogP contribution >= 0.6 is 23.1 Å². The highest BCUT2D eigenvalue weighted by atomic mass is 32.2. The van der Waals surface area contributed by atoms with Crippen molar-refractivity contribution in [1.29, 1.82) is 0 Å². The molecule has 2 fully saturated rings. The van der Waals surface area contributed by atoms with Crippen LogP contribution in [0.15, 0.2) is 40.6 Å². The van der Waals surface area contributed by atoms with E-state index in [4.69, 9.17) is 4.74 Å². The number of likely N-dealkylation sites (tertiary alicyclic amines) is 1. The van der Waals surface area contributed by atoms with Crippen LogP contribution in [0.5, 0.6) is 5.75 Å². The lowest BCUT2D eigenvalue weighted by Crippen LogP contribution is -2.44. The minimum Gasteiger partial charge on any atom is -0.496 e. The largest absolute Gasteiger partial charge is 0.496 e. The summed E-state index contributed by atoms with van der Waals surface area (Å²) in [6.07, 6.45) is 1.66. The number of amides is 1. The molecule has 0 bridgehead atoms. The third-order valence-corrected chi connectivity index (χ3v) is 9.86. The van der Waals surface area contributed by atoms with Crippen molar-refractivity contribution in [1.82, 2.24) is 14.5 Å². The second kappa shape index (κ2) is 10.6. The van der Waals surface area contributed by atoms with Crippen LogP contribution in [0, 0.1) is 0 Å². The molecule has 2 aliphatic rings. The first kappa shape index (κ1) is 23.6. The Kier molecular flexibility index (Phi) is 7.78. The lowest BCUT2D eigenvalue weighted by molar-refractivity contribution is 0.0909. The standard InChI is InChI=1S/C22H29N3O4S3/c1-29-19-5-3-2-4-17(19)16-24-9-6-18(7-10-24)23-22(26)21-20(8-13-31-21)32(27,28)25-11-14-30-15-12-25/h2-5,8,13,18H,6-7,9-12,14-16H2,1H3,(H,23,26). The Morgan fingerprint density at radius 3 is 2.56 bits per heavy atom. The van der Waals surface area contributed by atoms with Crippen LogP contribution in [-0.2, 0) is 16.6 Å². The van der Waals surface area contributed by atoms with Gasteiger partial charge in [0.05, 0.1) is 7.11 Å². The van der Waals surface area contributed by atoms with Crippen molar-refractivity contribution in [2.45, 2.75) is 30.3 Å². The molecule has 0 aliphatic carbocycles. The van der Waals surface area contributed by atoms with Crippen molar-refractivity contribution >= 4 is 39.0 Å². The molecule has 2 saturated heterocycles. The number of thioether (sulfide) groups is 1. The average molecular weight is 496 g/mol. The fourth-order valence-corrected chi connectivity index (χ4v) is 8.03. The van der Waals surface area contributed by atoms with E-state index in [-0.39, 0.29) is 16.8 Å². The predicted octanol–water partition coefficient (Wildman–Crippen LogP) is 2.89. The van der Waals surface area contributed by atoms with E-state index in [1.807, 2.05) is 18.2 Å². The van der Waals surface area contributed by atoms with Crippen molar-refractivity contribution in [3.05, 3.63) is 46.2 Å². The number of para-hydroxylation sites is 1. The highest BCUT2D eigenvalue weighted by Crippen LogP contribution is 2.28. The number of rotatable bonds is 7. The molecule has 2 aromatic rings. The Morgan fingerprint density at radius 2 is 1.84 bits per heavy atom. The lowest BCUT2D eigenvalue weighted by atomic mass is 10.0. The minimum absolute atomic E-state index is 0.0421. The number of thiophene rings is 1. The first-order valence-corrected chi connectivity index (χ1v) is 14.3. The van der Waals surface area contributed by atoms with Gasteiger partial charge in [-0.15, -0.1) is 11.3 Å². The molecule has 0 spiro atoms. The van der Waals surface area contributed by atoms with E-state index in [1.165, 1.54) is 15.6 Å². The van der Waals surface area contributed by atoms with Crippen LogP contribution in [-0.4, -0.2) is 74.4 Å². The molecule has 0 unspecified atom stereocenters. The van der Waals surface area contributed by atoms with Gasteiger partial charge in [-0.3, -0.25) is 9.69 Å². The molecule has 32 heavy (non-hydrogen) atoms. The number of carbonyl (C=O) groups is 1. The van der Waals surface area contributed by atoms with Crippen LogP contribution in [0.2, 0.25) is 0 Å². The van der Waals surface area contributed by atoms with E-state index < -0.39 is 10.0 Å². The number of nitrogens with one attached hydrogen (secondary N) is 1. The molecule has 1 aromatic heterocycles. The smallest absolute Gasteiger partial charge is 0.262 e. The van der Waals surface area contributed by atoms with E-state index in [1.54, 1.807) is 30.3 Å². The van der Waals surface area contributed by atoms with Crippen LogP contribution in [0.1, 0.15) is 28.1 Å². The Morgan fingerprint density at radius 1 is 1.12 bits per heavy atom. The molecule has 10 heteroatoms. The summed E-state index contributed by atoms with van der Waals surface area (Å²) in [5, 5.41) is 4.77. The normalized spacial score (nSPS) is 19.0. The SMILES string of the molecule is COc1ccccc1CN1CCC(NC(=O)c2sccc2S(=O)(=O)N2CCSCC2)CC1. The van der Waals surface area contributed by atoms with Gasteiger partial charge in [-0.25, -0.2) is 8.42 Å². The molecule has 0 atom stereocenters. The maximum absolute atomic E-state index is 13.1. The molecule has 0 radical (unpaired) electrons. The van der Waals surface area contributed by atoms with Gasteiger partial charge in [-0.2, -0.15) is 16.1 Å². The first-order chi connectivity index (χ1) is 15.5. The Bertz CT molecular complexity index is 1030. The molecule has 2 aliphatic heterocycles. The number of hydrogen-bond acceptors (Lipinski definition) is 7. The fourth-order valence-electron chi connectivity index (χ4n) is 4.15. The summed E-state index contributed by atoms with van der Waals surface area (Å²) in [6, 6.07) is 9.63. The molecule has 1 N–H and O–H groups in total. The second-order valence-corrected chi connectivity index (χ2v) is 12.0. The van der Waals surface area contributed by atoms with Crippen LogP contribution < -0.4 is 10.1 Å². The predicted molar refractivity (Wildman–Crippen MR) is 129 cm³/mol. The van der Waals surface area contributed by atoms with Gasteiger partial charge < -0.3 is 10.1 Å². The van der Waals surface area contributed by atoms with Gasteiger partial charge in [-0.1, -0.05) is 18.2 Å². The number of methoxy groups -OCH3 is 1. The van der Waals surface area contributed by atoms with Crippen molar-refractivity contribution in [2.24, 2.45) is 0 Å². The summed E-state index contributed by atoms with van der Waals surface area (Å²) >= 11 is 2.95. The van der Waals surface area contributed by atoms with Gasteiger partial charge in [0.1, 0.15) is 15.5 Å². The zero-order chi connectivity index (χ0) is 22.6. The zero-order valence-electron chi connectivity index (χ0n) is 18.2. The van der Waals surface area contributed by atoms with E-state index in [0.717, 1.165) is 55.3 Å². The topological polar surface area (TPSA) is 79.0 Å². The van der Waals surface area contributed by atoms with Gasteiger partial charge in [0, 0.05) is 55.8 Å². The highest BCUT2D eigenvalue weighted by Gasteiger charge is 2.32. The van der Waals surface area contributed by atoms with Crippen molar-refractivity contribution in [3.8, 4) is 5.75 Å². The molecule has 174 valence electrons. The molecular formula is C22H29N3O4S3. The number of benzene rings is 1. The number of hydrogen-bond donors (Lipinski definition) is 1. The van der Waals surface area contributed by atoms with E-state index in [0.29, 0.717) is 18.0 Å². The van der Waals surface area contributed by atoms with Gasteiger partial charge >= 0.3 is 0 Å². The van der Waals surface area contributed by atoms with E-state index >= 15 is 0 Å². The molecule has 1 amide bonds.